The van der Waals surface area contributed by atoms with Gasteiger partial charge in [-0.05, 0) is 36.2 Å². The third-order valence-corrected chi connectivity index (χ3v) is 2.70. The molecule has 2 rings (SSSR count). The van der Waals surface area contributed by atoms with Gasteiger partial charge >= 0.3 is 5.97 Å². The van der Waals surface area contributed by atoms with Crippen LogP contribution in [0.4, 0.5) is 5.69 Å². The first-order chi connectivity index (χ1) is 9.16. The van der Waals surface area contributed by atoms with Crippen LogP contribution in [-0.4, -0.2) is 17.3 Å². The van der Waals surface area contributed by atoms with E-state index >= 15 is 0 Å². The van der Waals surface area contributed by atoms with Gasteiger partial charge in [0.05, 0.1) is 17.5 Å². The van der Waals surface area contributed by atoms with Crippen LogP contribution in [0.25, 0.3) is 0 Å². The second kappa shape index (κ2) is 5.82. The molecule has 2 aromatic carbocycles. The summed E-state index contributed by atoms with van der Waals surface area (Å²) >= 11 is 0. The van der Waals surface area contributed by atoms with Crippen molar-refractivity contribution in [2.45, 2.75) is 6.92 Å². The first-order valence-electron chi connectivity index (χ1n) is 5.85. The van der Waals surface area contributed by atoms with E-state index in [-0.39, 0.29) is 5.56 Å². The average Bonchev–Trinajstić information content (AvgIpc) is 2.41. The van der Waals surface area contributed by atoms with Crippen molar-refractivity contribution in [1.82, 2.24) is 0 Å². The van der Waals surface area contributed by atoms with E-state index in [1.807, 2.05) is 31.2 Å². The summed E-state index contributed by atoms with van der Waals surface area (Å²) in [5.74, 6) is -0.952. The molecule has 0 saturated carbocycles. The van der Waals surface area contributed by atoms with Crippen LogP contribution in [0.5, 0.6) is 0 Å². The summed E-state index contributed by atoms with van der Waals surface area (Å²) < 4.78 is 0. The van der Waals surface area contributed by atoms with Gasteiger partial charge in [-0.2, -0.15) is 5.10 Å². The van der Waals surface area contributed by atoms with Crippen molar-refractivity contribution in [2.24, 2.45) is 5.10 Å². The van der Waals surface area contributed by atoms with Gasteiger partial charge in [0.25, 0.3) is 0 Å². The van der Waals surface area contributed by atoms with Crippen LogP contribution >= 0.6 is 0 Å². The Labute approximate surface area is 111 Å². The third kappa shape index (κ3) is 3.42. The number of rotatable bonds is 4. The van der Waals surface area contributed by atoms with E-state index in [2.05, 4.69) is 10.5 Å². The number of aryl methyl sites for hydroxylation is 1. The highest BCUT2D eigenvalue weighted by atomic mass is 16.4. The molecule has 0 amide bonds. The Morgan fingerprint density at radius 2 is 2.00 bits per heavy atom. The zero-order valence-corrected chi connectivity index (χ0v) is 10.5. The van der Waals surface area contributed by atoms with Crippen LogP contribution in [0.3, 0.4) is 0 Å². The number of carboxylic acid groups (broad SMARTS) is 1. The van der Waals surface area contributed by atoms with Crippen molar-refractivity contribution in [3.05, 3.63) is 65.2 Å². The van der Waals surface area contributed by atoms with E-state index in [9.17, 15) is 4.79 Å². The molecule has 0 radical (unpaired) electrons. The Bertz CT molecular complexity index is 621. The molecule has 0 atom stereocenters. The van der Waals surface area contributed by atoms with Crippen molar-refractivity contribution in [3.8, 4) is 0 Å². The van der Waals surface area contributed by atoms with Crippen molar-refractivity contribution in [3.63, 3.8) is 0 Å². The fourth-order valence-corrected chi connectivity index (χ4v) is 1.63. The molecule has 0 aromatic heterocycles. The molecule has 0 unspecified atom stereocenters. The summed E-state index contributed by atoms with van der Waals surface area (Å²) in [6, 6.07) is 14.4. The van der Waals surface area contributed by atoms with E-state index in [4.69, 9.17) is 5.11 Å². The molecule has 0 spiro atoms. The molecule has 2 aromatic rings. The van der Waals surface area contributed by atoms with Gasteiger partial charge in [-0.1, -0.05) is 30.3 Å². The van der Waals surface area contributed by atoms with Gasteiger partial charge in [-0.15, -0.1) is 0 Å². The fourth-order valence-electron chi connectivity index (χ4n) is 1.63. The predicted molar refractivity (Wildman–Crippen MR) is 75.8 cm³/mol. The minimum Gasteiger partial charge on any atom is -0.478 e. The second-order valence-corrected chi connectivity index (χ2v) is 4.11. The van der Waals surface area contributed by atoms with Crippen LogP contribution < -0.4 is 5.43 Å². The number of benzene rings is 2. The monoisotopic (exact) mass is 254 g/mol. The van der Waals surface area contributed by atoms with Gasteiger partial charge in [0.2, 0.25) is 0 Å². The molecule has 0 fully saturated rings. The number of nitrogens with one attached hydrogen (secondary N) is 1. The lowest BCUT2D eigenvalue weighted by atomic mass is 10.1. The maximum atomic E-state index is 10.8. The Kier molecular flexibility index (Phi) is 3.93. The second-order valence-electron chi connectivity index (χ2n) is 4.11. The largest absolute Gasteiger partial charge is 0.478 e. The van der Waals surface area contributed by atoms with Gasteiger partial charge in [0.15, 0.2) is 0 Å². The highest BCUT2D eigenvalue weighted by molar-refractivity contribution is 5.89. The molecule has 2 N–H and O–H groups in total. The van der Waals surface area contributed by atoms with E-state index in [1.165, 1.54) is 6.07 Å². The van der Waals surface area contributed by atoms with Crippen LogP contribution in [0.15, 0.2) is 53.6 Å². The lowest BCUT2D eigenvalue weighted by Gasteiger charge is -2.02. The van der Waals surface area contributed by atoms with Crippen molar-refractivity contribution < 1.29 is 9.90 Å². The highest BCUT2D eigenvalue weighted by Crippen LogP contribution is 2.11. The number of nitrogens with zero attached hydrogens (tertiary/aromatic N) is 1. The third-order valence-electron chi connectivity index (χ3n) is 2.70. The summed E-state index contributed by atoms with van der Waals surface area (Å²) in [6.07, 6.45) is 1.71. The predicted octanol–water partition coefficient (Wildman–Crippen LogP) is 3.14. The first kappa shape index (κ1) is 12.8. The molecule has 96 valence electrons. The molecule has 0 bridgehead atoms. The van der Waals surface area contributed by atoms with Crippen LogP contribution in [0.1, 0.15) is 21.5 Å². The molecule has 0 aliphatic rings. The number of anilines is 1. The molecular formula is C15H14N2O2. The molecule has 0 aliphatic carbocycles. The SMILES string of the molecule is Cc1ccccc1/C=N/Nc1cccc(C(=O)O)c1. The molecule has 0 aliphatic heterocycles. The van der Waals surface area contributed by atoms with Gasteiger partial charge in [0.1, 0.15) is 0 Å². The number of hydrogen-bond donors (Lipinski definition) is 2. The summed E-state index contributed by atoms with van der Waals surface area (Å²) in [4.78, 5) is 10.8. The maximum absolute atomic E-state index is 10.8. The normalized spacial score (nSPS) is 10.6. The summed E-state index contributed by atoms with van der Waals surface area (Å²) in [6.45, 7) is 2.01. The van der Waals surface area contributed by atoms with Gasteiger partial charge in [-0.25, -0.2) is 4.79 Å². The highest BCUT2D eigenvalue weighted by Gasteiger charge is 2.01. The van der Waals surface area contributed by atoms with E-state index < -0.39 is 5.97 Å². The molecule has 0 saturated heterocycles. The fraction of sp³-hybridized carbons (Fsp3) is 0.0667. The number of hydrogen-bond acceptors (Lipinski definition) is 3. The molecule has 4 nitrogen and oxygen atoms in total. The lowest BCUT2D eigenvalue weighted by molar-refractivity contribution is 0.0697. The van der Waals surface area contributed by atoms with E-state index in [0.717, 1.165) is 11.1 Å². The Hall–Kier alpha value is -2.62. The molecule has 4 heteroatoms. The average molecular weight is 254 g/mol. The number of carbonyl (C=O) groups is 1. The summed E-state index contributed by atoms with van der Waals surface area (Å²) in [5.41, 5.74) is 5.85. The number of aromatic carboxylic acids is 1. The van der Waals surface area contributed by atoms with Crippen molar-refractivity contribution in [1.29, 1.82) is 0 Å². The zero-order chi connectivity index (χ0) is 13.7. The van der Waals surface area contributed by atoms with Crippen LogP contribution in [0, 0.1) is 6.92 Å². The summed E-state index contributed by atoms with van der Waals surface area (Å²) in [7, 11) is 0. The van der Waals surface area contributed by atoms with Gasteiger partial charge < -0.3 is 5.11 Å². The lowest BCUT2D eigenvalue weighted by Crippen LogP contribution is -1.98. The zero-order valence-electron chi connectivity index (χ0n) is 10.5. The smallest absolute Gasteiger partial charge is 0.335 e. The number of carboxylic acids is 1. The molecule has 0 heterocycles. The minimum absolute atomic E-state index is 0.232. The molecular weight excluding hydrogens is 240 g/mol. The number of hydrazone groups is 1. The topological polar surface area (TPSA) is 61.7 Å². The van der Waals surface area contributed by atoms with E-state index in [0.29, 0.717) is 5.69 Å². The molecule has 19 heavy (non-hydrogen) atoms. The first-order valence-corrected chi connectivity index (χ1v) is 5.85. The van der Waals surface area contributed by atoms with Gasteiger partial charge in [0, 0.05) is 0 Å². The van der Waals surface area contributed by atoms with Crippen molar-refractivity contribution in [2.75, 3.05) is 5.43 Å². The summed E-state index contributed by atoms with van der Waals surface area (Å²) in [5, 5.41) is 13.0. The van der Waals surface area contributed by atoms with Crippen LogP contribution in [-0.2, 0) is 0 Å². The Morgan fingerprint density at radius 3 is 2.74 bits per heavy atom. The van der Waals surface area contributed by atoms with Gasteiger partial charge in [-0.3, -0.25) is 5.43 Å². The van der Waals surface area contributed by atoms with Crippen molar-refractivity contribution >= 4 is 17.9 Å². The standard InChI is InChI=1S/C15H14N2O2/c1-11-5-2-3-6-13(11)10-16-17-14-8-4-7-12(9-14)15(18)19/h2-10,17H,1H3,(H,18,19)/b16-10+. The quantitative estimate of drug-likeness (QED) is 0.651. The maximum Gasteiger partial charge on any atom is 0.335 e. The van der Waals surface area contributed by atoms with E-state index in [1.54, 1.807) is 24.4 Å². The Balaban J connectivity index is 2.09. The Morgan fingerprint density at radius 1 is 1.21 bits per heavy atom. The van der Waals surface area contributed by atoms with Crippen LogP contribution in [0.2, 0.25) is 0 Å². The minimum atomic E-state index is -0.952.